The fourth-order valence-corrected chi connectivity index (χ4v) is 5.14. The van der Waals surface area contributed by atoms with Gasteiger partial charge in [0.1, 0.15) is 12.4 Å². The Morgan fingerprint density at radius 2 is 1.80 bits per heavy atom. The SMILES string of the molecule is O=C(Nc1cccc(-c2cn3ccnc3c(NCc3ccncc3)n2)c1)Nc1cc(C(F)(F)F)ccc1OCCN1CCCC1. The van der Waals surface area contributed by atoms with Crippen molar-refractivity contribution in [2.24, 2.45) is 0 Å². The van der Waals surface area contributed by atoms with Crippen LogP contribution in [-0.2, 0) is 12.7 Å². The highest BCUT2D eigenvalue weighted by molar-refractivity contribution is 6.01. The van der Waals surface area contributed by atoms with Crippen LogP contribution in [-0.4, -0.2) is 56.5 Å². The van der Waals surface area contributed by atoms with Crippen LogP contribution in [0.3, 0.4) is 0 Å². The number of benzene rings is 2. The second-order valence-corrected chi connectivity index (χ2v) is 10.6. The summed E-state index contributed by atoms with van der Waals surface area (Å²) in [5, 5.41) is 8.59. The molecule has 0 atom stereocenters. The van der Waals surface area contributed by atoms with Crippen LogP contribution in [0.5, 0.6) is 5.75 Å². The number of anilines is 3. The molecule has 45 heavy (non-hydrogen) atoms. The highest BCUT2D eigenvalue weighted by atomic mass is 19.4. The van der Waals surface area contributed by atoms with Gasteiger partial charge in [0.15, 0.2) is 11.5 Å². The number of alkyl halides is 3. The van der Waals surface area contributed by atoms with Gasteiger partial charge in [0.25, 0.3) is 0 Å². The quantitative estimate of drug-likeness (QED) is 0.164. The molecule has 1 aliphatic rings. The summed E-state index contributed by atoms with van der Waals surface area (Å²) in [6, 6.07) is 13.2. The van der Waals surface area contributed by atoms with Gasteiger partial charge in [-0.1, -0.05) is 12.1 Å². The third kappa shape index (κ3) is 7.50. The van der Waals surface area contributed by atoms with Crippen LogP contribution < -0.4 is 20.7 Å². The van der Waals surface area contributed by atoms with E-state index in [1.165, 1.54) is 6.07 Å². The molecule has 3 aromatic heterocycles. The van der Waals surface area contributed by atoms with Crippen LogP contribution in [0.1, 0.15) is 24.0 Å². The van der Waals surface area contributed by atoms with E-state index in [2.05, 4.69) is 30.8 Å². The first-order valence-corrected chi connectivity index (χ1v) is 14.5. The molecular formula is C32H31F3N8O2. The molecule has 1 saturated heterocycles. The predicted molar refractivity (Wildman–Crippen MR) is 165 cm³/mol. The smallest absolute Gasteiger partial charge is 0.416 e. The number of amides is 2. The average Bonchev–Trinajstić information content (AvgIpc) is 3.73. The second-order valence-electron chi connectivity index (χ2n) is 10.6. The van der Waals surface area contributed by atoms with Gasteiger partial charge in [-0.15, -0.1) is 0 Å². The molecule has 6 rings (SSSR count). The molecule has 0 aliphatic carbocycles. The van der Waals surface area contributed by atoms with Gasteiger partial charge < -0.3 is 25.1 Å². The number of likely N-dealkylation sites (tertiary alicyclic amines) is 1. The molecule has 2 amide bonds. The van der Waals surface area contributed by atoms with Crippen LogP contribution in [0.25, 0.3) is 16.9 Å². The van der Waals surface area contributed by atoms with Gasteiger partial charge in [-0.2, -0.15) is 13.2 Å². The lowest BCUT2D eigenvalue weighted by molar-refractivity contribution is -0.137. The first kappa shape index (κ1) is 29.9. The van der Waals surface area contributed by atoms with Crippen molar-refractivity contribution in [3.8, 4) is 17.0 Å². The summed E-state index contributed by atoms with van der Waals surface area (Å²) in [6.45, 7) is 3.40. The number of aromatic nitrogens is 4. The van der Waals surface area contributed by atoms with Crippen molar-refractivity contribution in [2.45, 2.75) is 25.6 Å². The molecular weight excluding hydrogens is 585 g/mol. The number of urea groups is 1. The fourth-order valence-electron chi connectivity index (χ4n) is 5.14. The zero-order valence-corrected chi connectivity index (χ0v) is 24.2. The van der Waals surface area contributed by atoms with Gasteiger partial charge in [-0.05, 0) is 74.0 Å². The third-order valence-electron chi connectivity index (χ3n) is 7.42. The molecule has 0 spiro atoms. The highest BCUT2D eigenvalue weighted by Gasteiger charge is 2.31. The summed E-state index contributed by atoms with van der Waals surface area (Å²) in [4.78, 5) is 28.5. The van der Waals surface area contributed by atoms with E-state index in [9.17, 15) is 18.0 Å². The minimum Gasteiger partial charge on any atom is -0.490 e. The van der Waals surface area contributed by atoms with Crippen molar-refractivity contribution in [3.05, 3.63) is 96.7 Å². The molecule has 0 unspecified atom stereocenters. The summed E-state index contributed by atoms with van der Waals surface area (Å²) in [7, 11) is 0. The molecule has 0 bridgehead atoms. The van der Waals surface area contributed by atoms with E-state index >= 15 is 0 Å². The molecule has 13 heteroatoms. The van der Waals surface area contributed by atoms with Crippen LogP contribution in [0.15, 0.2) is 85.6 Å². The normalized spacial score (nSPS) is 13.6. The van der Waals surface area contributed by atoms with Crippen LogP contribution >= 0.6 is 0 Å². The number of fused-ring (bicyclic) bond motifs is 1. The number of nitrogens with one attached hydrogen (secondary N) is 3. The number of rotatable bonds is 10. The predicted octanol–water partition coefficient (Wildman–Crippen LogP) is 6.54. The number of carbonyl (C=O) groups is 1. The van der Waals surface area contributed by atoms with Gasteiger partial charge in [0, 0.05) is 55.3 Å². The van der Waals surface area contributed by atoms with E-state index in [1.54, 1.807) is 36.8 Å². The zero-order valence-electron chi connectivity index (χ0n) is 24.2. The summed E-state index contributed by atoms with van der Waals surface area (Å²) < 4.78 is 48.1. The Morgan fingerprint density at radius 3 is 2.60 bits per heavy atom. The van der Waals surface area contributed by atoms with Crippen molar-refractivity contribution in [1.82, 2.24) is 24.3 Å². The molecule has 1 aliphatic heterocycles. The molecule has 0 saturated carbocycles. The molecule has 0 radical (unpaired) electrons. The van der Waals surface area contributed by atoms with Crippen LogP contribution in [0.4, 0.5) is 35.2 Å². The van der Waals surface area contributed by atoms with Crippen molar-refractivity contribution >= 4 is 28.9 Å². The van der Waals surface area contributed by atoms with Gasteiger partial charge in [-0.3, -0.25) is 9.88 Å². The zero-order chi connectivity index (χ0) is 31.2. The van der Waals surface area contributed by atoms with E-state index in [4.69, 9.17) is 9.72 Å². The molecule has 1 fully saturated rings. The monoisotopic (exact) mass is 616 g/mol. The van der Waals surface area contributed by atoms with Gasteiger partial charge in [-0.25, -0.2) is 14.8 Å². The van der Waals surface area contributed by atoms with Crippen molar-refractivity contribution in [2.75, 3.05) is 42.2 Å². The molecule has 3 N–H and O–H groups in total. The van der Waals surface area contributed by atoms with Crippen LogP contribution in [0.2, 0.25) is 0 Å². The summed E-state index contributed by atoms with van der Waals surface area (Å²) in [5.41, 5.74) is 2.47. The summed E-state index contributed by atoms with van der Waals surface area (Å²) in [6.07, 6.45) is 6.42. The molecule has 10 nitrogen and oxygen atoms in total. The topological polar surface area (TPSA) is 109 Å². The Morgan fingerprint density at radius 1 is 0.978 bits per heavy atom. The number of ether oxygens (including phenoxy) is 1. The Kier molecular flexibility index (Phi) is 8.78. The Bertz CT molecular complexity index is 1770. The Hall–Kier alpha value is -5.17. The van der Waals surface area contributed by atoms with Crippen molar-refractivity contribution < 1.29 is 22.7 Å². The average molecular weight is 617 g/mol. The number of hydrogen-bond acceptors (Lipinski definition) is 7. The minimum atomic E-state index is -4.58. The van der Waals surface area contributed by atoms with Crippen molar-refractivity contribution in [1.29, 1.82) is 0 Å². The largest absolute Gasteiger partial charge is 0.490 e. The third-order valence-corrected chi connectivity index (χ3v) is 7.42. The lowest BCUT2D eigenvalue weighted by atomic mass is 10.1. The highest BCUT2D eigenvalue weighted by Crippen LogP contribution is 2.35. The van der Waals surface area contributed by atoms with E-state index in [1.807, 2.05) is 35.0 Å². The Balaban J connectivity index is 1.18. The van der Waals surface area contributed by atoms with E-state index in [0.29, 0.717) is 41.5 Å². The lowest BCUT2D eigenvalue weighted by Crippen LogP contribution is -2.25. The van der Waals surface area contributed by atoms with Gasteiger partial charge >= 0.3 is 12.2 Å². The van der Waals surface area contributed by atoms with Gasteiger partial charge in [0.2, 0.25) is 0 Å². The number of carbonyl (C=O) groups excluding carboxylic acids is 1. The van der Waals surface area contributed by atoms with E-state index in [-0.39, 0.29) is 18.0 Å². The number of halogens is 3. The maximum atomic E-state index is 13.5. The van der Waals surface area contributed by atoms with E-state index in [0.717, 1.165) is 43.6 Å². The van der Waals surface area contributed by atoms with E-state index < -0.39 is 17.8 Å². The number of imidazole rings is 1. The maximum Gasteiger partial charge on any atom is 0.416 e. The molecule has 232 valence electrons. The number of hydrogen-bond donors (Lipinski definition) is 3. The second kappa shape index (κ2) is 13.2. The summed E-state index contributed by atoms with van der Waals surface area (Å²) >= 11 is 0. The first-order chi connectivity index (χ1) is 21.8. The molecule has 4 heterocycles. The Labute approximate surface area is 257 Å². The number of nitrogens with zero attached hydrogens (tertiary/aromatic N) is 5. The van der Waals surface area contributed by atoms with Crippen molar-refractivity contribution in [3.63, 3.8) is 0 Å². The molecule has 5 aromatic rings. The number of pyridine rings is 1. The first-order valence-electron chi connectivity index (χ1n) is 14.5. The maximum absolute atomic E-state index is 13.5. The molecule has 2 aromatic carbocycles. The lowest BCUT2D eigenvalue weighted by Gasteiger charge is -2.18. The minimum absolute atomic E-state index is 0.0722. The standard InChI is InChI=1S/C32H31F3N8O2/c33-32(34,35)24-6-7-28(45-17-16-42-13-1-2-14-42)26(19-24)41-31(44)39-25-5-3-4-23(18-25)27-21-43-15-12-37-30(43)29(40-27)38-20-22-8-10-36-11-9-22/h3-12,15,18-19,21H,1-2,13-14,16-17,20H2,(H,38,40)(H2,39,41,44). The van der Waals surface area contributed by atoms with Gasteiger partial charge in [0.05, 0.1) is 16.9 Å². The fraction of sp³-hybridized carbons (Fsp3) is 0.250. The van der Waals surface area contributed by atoms with Crippen LogP contribution in [0, 0.1) is 0 Å². The summed E-state index contributed by atoms with van der Waals surface area (Å²) in [5.74, 6) is 0.739.